The molecule has 1 atom stereocenters. The molecule has 1 amide bonds. The fourth-order valence-electron chi connectivity index (χ4n) is 4.54. The highest BCUT2D eigenvalue weighted by Gasteiger charge is 2.33. The summed E-state index contributed by atoms with van der Waals surface area (Å²) < 4.78 is 5.92. The van der Waals surface area contributed by atoms with E-state index in [0.717, 1.165) is 68.6 Å². The second-order valence-electron chi connectivity index (χ2n) is 8.48. The lowest BCUT2D eigenvalue weighted by Crippen LogP contribution is -2.49. The molecular weight excluding hydrogens is 376 g/mol. The standard InChI is InChI=1S/C25H32N2O3/c28-23-12-8-21(9-13-23)27(25(29)20-7-4-16-26-17-20)22-10-14-24(15-11-22)30-18-19-5-2-1-3-6-19/h1-3,5-6,10-11,14-15,20-21,23,26,28H,4,7-9,12-13,16-18H2/t20-,21?,23?/m0/s1. The van der Waals surface area contributed by atoms with Crippen molar-refractivity contribution in [2.45, 2.75) is 57.3 Å². The highest BCUT2D eigenvalue weighted by Crippen LogP contribution is 2.31. The first-order valence-electron chi connectivity index (χ1n) is 11.2. The molecule has 0 unspecified atom stereocenters. The average molecular weight is 409 g/mol. The van der Waals surface area contributed by atoms with Gasteiger partial charge in [-0.1, -0.05) is 30.3 Å². The van der Waals surface area contributed by atoms with Crippen LogP contribution in [0.25, 0.3) is 0 Å². The van der Waals surface area contributed by atoms with Crippen molar-refractivity contribution in [2.24, 2.45) is 5.92 Å². The smallest absolute Gasteiger partial charge is 0.231 e. The molecule has 1 aliphatic carbocycles. The van der Waals surface area contributed by atoms with Crippen molar-refractivity contribution in [3.8, 4) is 5.75 Å². The first kappa shape index (κ1) is 20.9. The highest BCUT2D eigenvalue weighted by atomic mass is 16.5. The van der Waals surface area contributed by atoms with Crippen molar-refractivity contribution in [1.82, 2.24) is 5.32 Å². The summed E-state index contributed by atoms with van der Waals surface area (Å²) >= 11 is 0. The Bertz CT molecular complexity index is 795. The van der Waals surface area contributed by atoms with Crippen molar-refractivity contribution in [1.29, 1.82) is 0 Å². The van der Waals surface area contributed by atoms with Gasteiger partial charge in [0.25, 0.3) is 0 Å². The van der Waals surface area contributed by atoms with E-state index in [0.29, 0.717) is 6.61 Å². The Hall–Kier alpha value is -2.37. The van der Waals surface area contributed by atoms with Crippen LogP contribution in [0.3, 0.4) is 0 Å². The molecule has 5 heteroatoms. The third-order valence-corrected chi connectivity index (χ3v) is 6.28. The number of anilines is 1. The summed E-state index contributed by atoms with van der Waals surface area (Å²) in [6.45, 7) is 2.27. The van der Waals surface area contributed by atoms with E-state index in [9.17, 15) is 9.90 Å². The van der Waals surface area contributed by atoms with Crippen LogP contribution in [0.4, 0.5) is 5.69 Å². The number of nitrogens with zero attached hydrogens (tertiary/aromatic N) is 1. The number of hydrogen-bond donors (Lipinski definition) is 2. The number of ether oxygens (including phenoxy) is 1. The quantitative estimate of drug-likeness (QED) is 0.761. The van der Waals surface area contributed by atoms with Gasteiger partial charge in [0.05, 0.1) is 12.0 Å². The summed E-state index contributed by atoms with van der Waals surface area (Å²) in [4.78, 5) is 15.5. The van der Waals surface area contributed by atoms with Gasteiger partial charge in [0.1, 0.15) is 12.4 Å². The fraction of sp³-hybridized carbons (Fsp3) is 0.480. The maximum absolute atomic E-state index is 13.5. The Labute approximate surface area is 179 Å². The van der Waals surface area contributed by atoms with E-state index in [2.05, 4.69) is 5.32 Å². The van der Waals surface area contributed by atoms with Crippen molar-refractivity contribution in [3.63, 3.8) is 0 Å². The Morgan fingerprint density at radius 2 is 1.73 bits per heavy atom. The molecule has 1 heterocycles. The summed E-state index contributed by atoms with van der Waals surface area (Å²) in [7, 11) is 0. The van der Waals surface area contributed by atoms with Gasteiger partial charge in [-0.05, 0) is 74.9 Å². The van der Waals surface area contributed by atoms with E-state index < -0.39 is 0 Å². The van der Waals surface area contributed by atoms with E-state index in [-0.39, 0.29) is 24.0 Å². The van der Waals surface area contributed by atoms with E-state index in [1.807, 2.05) is 59.5 Å². The van der Waals surface area contributed by atoms with Crippen LogP contribution in [-0.4, -0.2) is 36.2 Å². The molecule has 2 fully saturated rings. The van der Waals surface area contributed by atoms with E-state index in [1.54, 1.807) is 0 Å². The number of nitrogens with one attached hydrogen (secondary N) is 1. The number of rotatable bonds is 6. The van der Waals surface area contributed by atoms with Gasteiger partial charge in [-0.15, -0.1) is 0 Å². The molecule has 2 aliphatic rings. The van der Waals surface area contributed by atoms with E-state index in [1.165, 1.54) is 0 Å². The first-order valence-corrected chi connectivity index (χ1v) is 11.2. The minimum Gasteiger partial charge on any atom is -0.489 e. The second-order valence-corrected chi connectivity index (χ2v) is 8.48. The Morgan fingerprint density at radius 3 is 2.40 bits per heavy atom. The minimum atomic E-state index is -0.233. The number of carbonyl (C=O) groups is 1. The zero-order valence-corrected chi connectivity index (χ0v) is 17.5. The van der Waals surface area contributed by atoms with Crippen molar-refractivity contribution in [2.75, 3.05) is 18.0 Å². The Balaban J connectivity index is 1.48. The van der Waals surface area contributed by atoms with Gasteiger partial charge in [-0.25, -0.2) is 0 Å². The molecule has 160 valence electrons. The largest absolute Gasteiger partial charge is 0.489 e. The lowest BCUT2D eigenvalue weighted by Gasteiger charge is -2.38. The summed E-state index contributed by atoms with van der Waals surface area (Å²) in [6, 6.07) is 18.2. The summed E-state index contributed by atoms with van der Waals surface area (Å²) in [5.41, 5.74) is 2.06. The highest BCUT2D eigenvalue weighted by molar-refractivity contribution is 5.96. The molecule has 30 heavy (non-hydrogen) atoms. The van der Waals surface area contributed by atoms with Gasteiger partial charge in [-0.3, -0.25) is 4.79 Å². The predicted octanol–water partition coefficient (Wildman–Crippen LogP) is 3.90. The zero-order chi connectivity index (χ0) is 20.8. The fourth-order valence-corrected chi connectivity index (χ4v) is 4.54. The lowest BCUT2D eigenvalue weighted by atomic mass is 9.89. The SMILES string of the molecule is O=C([C@H]1CCCNC1)N(c1ccc(OCc2ccccc2)cc1)C1CCC(O)CC1. The predicted molar refractivity (Wildman–Crippen MR) is 119 cm³/mol. The van der Waals surface area contributed by atoms with Crippen LogP contribution < -0.4 is 15.0 Å². The molecule has 1 saturated carbocycles. The van der Waals surface area contributed by atoms with Crippen LogP contribution in [0.2, 0.25) is 0 Å². The van der Waals surface area contributed by atoms with Crippen LogP contribution >= 0.6 is 0 Å². The molecule has 2 aromatic carbocycles. The lowest BCUT2D eigenvalue weighted by molar-refractivity contribution is -0.123. The topological polar surface area (TPSA) is 61.8 Å². The third-order valence-electron chi connectivity index (χ3n) is 6.28. The van der Waals surface area contributed by atoms with Gasteiger partial charge < -0.3 is 20.1 Å². The van der Waals surface area contributed by atoms with Crippen LogP contribution in [0.1, 0.15) is 44.1 Å². The normalized spacial score (nSPS) is 24.2. The summed E-state index contributed by atoms with van der Waals surface area (Å²) in [5.74, 6) is 1.04. The van der Waals surface area contributed by atoms with Crippen molar-refractivity contribution < 1.29 is 14.6 Å². The van der Waals surface area contributed by atoms with Gasteiger partial charge in [-0.2, -0.15) is 0 Å². The number of hydrogen-bond acceptors (Lipinski definition) is 4. The van der Waals surface area contributed by atoms with Crippen LogP contribution in [0, 0.1) is 5.92 Å². The second kappa shape index (κ2) is 10.1. The molecule has 0 spiro atoms. The van der Waals surface area contributed by atoms with Crippen LogP contribution in [0.5, 0.6) is 5.75 Å². The molecule has 4 rings (SSSR count). The molecule has 5 nitrogen and oxygen atoms in total. The third kappa shape index (κ3) is 5.21. The van der Waals surface area contributed by atoms with Gasteiger partial charge in [0.2, 0.25) is 5.91 Å². The van der Waals surface area contributed by atoms with E-state index >= 15 is 0 Å². The number of piperidine rings is 1. The maximum Gasteiger partial charge on any atom is 0.231 e. The number of aliphatic hydroxyl groups excluding tert-OH is 1. The Kier molecular flexibility index (Phi) is 7.03. The number of carbonyl (C=O) groups excluding carboxylic acids is 1. The van der Waals surface area contributed by atoms with Crippen LogP contribution in [0.15, 0.2) is 54.6 Å². The van der Waals surface area contributed by atoms with Gasteiger partial charge >= 0.3 is 0 Å². The number of benzene rings is 2. The van der Waals surface area contributed by atoms with Crippen molar-refractivity contribution >= 4 is 11.6 Å². The van der Waals surface area contributed by atoms with Crippen molar-refractivity contribution in [3.05, 3.63) is 60.2 Å². The molecular formula is C25H32N2O3. The van der Waals surface area contributed by atoms with Gasteiger partial charge in [0, 0.05) is 18.3 Å². The molecule has 0 aromatic heterocycles. The molecule has 2 aromatic rings. The Morgan fingerprint density at radius 1 is 1.00 bits per heavy atom. The number of amides is 1. The monoisotopic (exact) mass is 408 g/mol. The first-order chi connectivity index (χ1) is 14.7. The molecule has 0 radical (unpaired) electrons. The summed E-state index contributed by atoms with van der Waals surface area (Å²) in [5, 5.41) is 13.3. The summed E-state index contributed by atoms with van der Waals surface area (Å²) in [6.07, 6.45) is 4.96. The molecule has 0 bridgehead atoms. The minimum absolute atomic E-state index is 0.0274. The molecule has 1 aliphatic heterocycles. The van der Waals surface area contributed by atoms with E-state index in [4.69, 9.17) is 4.74 Å². The molecule has 2 N–H and O–H groups in total. The average Bonchev–Trinajstić information content (AvgIpc) is 2.81. The number of aliphatic hydroxyl groups is 1. The van der Waals surface area contributed by atoms with Gasteiger partial charge in [0.15, 0.2) is 0 Å². The maximum atomic E-state index is 13.5. The van der Waals surface area contributed by atoms with Crippen LogP contribution in [-0.2, 0) is 11.4 Å². The zero-order valence-electron chi connectivity index (χ0n) is 17.5. The molecule has 1 saturated heterocycles.